The van der Waals surface area contributed by atoms with Crippen LogP contribution in [-0.2, 0) is 0 Å². The standard InChI is InChI=1S/C14H15N/c1-2-10-11-7-3-5-9-6-4-8-12(13(9)11)14(10)15/h3-8,10,14H,2,15H2,1H3. The van der Waals surface area contributed by atoms with Crippen LogP contribution in [0.25, 0.3) is 10.8 Å². The number of hydrogen-bond donors (Lipinski definition) is 1. The lowest BCUT2D eigenvalue weighted by Crippen LogP contribution is -2.13. The fraction of sp³-hybridized carbons (Fsp3) is 0.286. The van der Waals surface area contributed by atoms with E-state index in [-0.39, 0.29) is 6.04 Å². The molecule has 0 fully saturated rings. The van der Waals surface area contributed by atoms with Gasteiger partial charge in [0, 0.05) is 12.0 Å². The Morgan fingerprint density at radius 3 is 2.40 bits per heavy atom. The first-order valence-electron chi connectivity index (χ1n) is 5.60. The van der Waals surface area contributed by atoms with Crippen LogP contribution in [0.2, 0.25) is 0 Å². The van der Waals surface area contributed by atoms with E-state index < -0.39 is 0 Å². The minimum Gasteiger partial charge on any atom is -0.323 e. The first-order valence-corrected chi connectivity index (χ1v) is 5.60. The topological polar surface area (TPSA) is 26.0 Å². The second-order valence-corrected chi connectivity index (χ2v) is 4.33. The van der Waals surface area contributed by atoms with E-state index in [0.29, 0.717) is 5.92 Å². The second kappa shape index (κ2) is 3.07. The van der Waals surface area contributed by atoms with Crippen LogP contribution in [0.4, 0.5) is 0 Å². The quantitative estimate of drug-likeness (QED) is 0.745. The average Bonchev–Trinajstić information content (AvgIpc) is 2.55. The zero-order valence-corrected chi connectivity index (χ0v) is 8.90. The van der Waals surface area contributed by atoms with Gasteiger partial charge in [0.25, 0.3) is 0 Å². The van der Waals surface area contributed by atoms with Crippen molar-refractivity contribution in [3.63, 3.8) is 0 Å². The van der Waals surface area contributed by atoms with Crippen molar-refractivity contribution in [2.75, 3.05) is 0 Å². The normalized spacial score (nSPS) is 23.6. The number of hydrogen-bond acceptors (Lipinski definition) is 1. The van der Waals surface area contributed by atoms with E-state index in [2.05, 4.69) is 43.3 Å². The lowest BCUT2D eigenvalue weighted by molar-refractivity contribution is 0.564. The zero-order valence-electron chi connectivity index (χ0n) is 8.90. The van der Waals surface area contributed by atoms with Crippen LogP contribution in [0.15, 0.2) is 36.4 Å². The molecule has 3 rings (SSSR count). The minimum absolute atomic E-state index is 0.191. The summed E-state index contributed by atoms with van der Waals surface area (Å²) in [5, 5.41) is 2.73. The molecule has 0 aliphatic heterocycles. The Morgan fingerprint density at radius 1 is 1.07 bits per heavy atom. The van der Waals surface area contributed by atoms with Gasteiger partial charge in [-0.25, -0.2) is 0 Å². The van der Waals surface area contributed by atoms with Crippen molar-refractivity contribution >= 4 is 10.8 Å². The van der Waals surface area contributed by atoms with Crippen molar-refractivity contribution in [3.8, 4) is 0 Å². The lowest BCUT2D eigenvalue weighted by atomic mass is 9.94. The van der Waals surface area contributed by atoms with Gasteiger partial charge in [0.1, 0.15) is 0 Å². The summed E-state index contributed by atoms with van der Waals surface area (Å²) in [6.45, 7) is 2.22. The highest BCUT2D eigenvalue weighted by Crippen LogP contribution is 2.45. The van der Waals surface area contributed by atoms with Crippen LogP contribution < -0.4 is 5.73 Å². The van der Waals surface area contributed by atoms with E-state index in [1.807, 2.05) is 0 Å². The Kier molecular flexibility index (Phi) is 1.83. The smallest absolute Gasteiger partial charge is 0.0370 e. The predicted molar refractivity (Wildman–Crippen MR) is 63.9 cm³/mol. The van der Waals surface area contributed by atoms with Crippen LogP contribution in [0.5, 0.6) is 0 Å². The van der Waals surface area contributed by atoms with Crippen LogP contribution in [0, 0.1) is 0 Å². The molecule has 2 atom stereocenters. The number of benzene rings is 2. The maximum Gasteiger partial charge on any atom is 0.0370 e. The van der Waals surface area contributed by atoms with Gasteiger partial charge >= 0.3 is 0 Å². The molecule has 76 valence electrons. The van der Waals surface area contributed by atoms with E-state index in [0.717, 1.165) is 6.42 Å². The van der Waals surface area contributed by atoms with Crippen LogP contribution in [-0.4, -0.2) is 0 Å². The number of nitrogens with two attached hydrogens (primary N) is 1. The van der Waals surface area contributed by atoms with E-state index in [1.54, 1.807) is 0 Å². The third-order valence-electron chi connectivity index (χ3n) is 3.60. The monoisotopic (exact) mass is 197 g/mol. The molecule has 0 bridgehead atoms. The molecule has 2 aromatic rings. The Bertz CT molecular complexity index is 510. The van der Waals surface area contributed by atoms with Crippen molar-refractivity contribution in [2.24, 2.45) is 5.73 Å². The van der Waals surface area contributed by atoms with Gasteiger partial charge < -0.3 is 5.73 Å². The molecule has 0 saturated carbocycles. The summed E-state index contributed by atoms with van der Waals surface area (Å²) >= 11 is 0. The molecule has 2 aromatic carbocycles. The zero-order chi connectivity index (χ0) is 10.4. The minimum atomic E-state index is 0.191. The first kappa shape index (κ1) is 8.93. The molecule has 0 heterocycles. The average molecular weight is 197 g/mol. The fourth-order valence-electron chi connectivity index (χ4n) is 2.87. The van der Waals surface area contributed by atoms with E-state index in [9.17, 15) is 0 Å². The Balaban J connectivity index is 2.40. The molecule has 2 unspecified atom stereocenters. The third-order valence-corrected chi connectivity index (χ3v) is 3.60. The number of rotatable bonds is 1. The second-order valence-electron chi connectivity index (χ2n) is 4.33. The molecule has 0 saturated heterocycles. The Morgan fingerprint density at radius 2 is 1.73 bits per heavy atom. The predicted octanol–water partition coefficient (Wildman–Crippen LogP) is 3.35. The lowest BCUT2D eigenvalue weighted by Gasteiger charge is -2.14. The highest BCUT2D eigenvalue weighted by molar-refractivity contribution is 5.92. The summed E-state index contributed by atoms with van der Waals surface area (Å²) < 4.78 is 0. The fourth-order valence-corrected chi connectivity index (χ4v) is 2.87. The SMILES string of the molecule is CCC1c2cccc3cccc(c23)C1N. The summed E-state index contributed by atoms with van der Waals surface area (Å²) in [6.07, 6.45) is 1.12. The highest BCUT2D eigenvalue weighted by Gasteiger charge is 2.29. The highest BCUT2D eigenvalue weighted by atomic mass is 14.7. The maximum atomic E-state index is 6.30. The van der Waals surface area contributed by atoms with Gasteiger partial charge in [-0.1, -0.05) is 43.3 Å². The summed E-state index contributed by atoms with van der Waals surface area (Å²) in [4.78, 5) is 0. The molecule has 2 N–H and O–H groups in total. The molecule has 0 aromatic heterocycles. The molecule has 0 spiro atoms. The van der Waals surface area contributed by atoms with E-state index >= 15 is 0 Å². The van der Waals surface area contributed by atoms with Gasteiger partial charge in [0.15, 0.2) is 0 Å². The molecule has 15 heavy (non-hydrogen) atoms. The first-order chi connectivity index (χ1) is 7.33. The van der Waals surface area contributed by atoms with Gasteiger partial charge in [-0.3, -0.25) is 0 Å². The molecule has 1 nitrogen and oxygen atoms in total. The van der Waals surface area contributed by atoms with E-state index in [4.69, 9.17) is 5.73 Å². The largest absolute Gasteiger partial charge is 0.323 e. The van der Waals surface area contributed by atoms with Crippen LogP contribution in [0.3, 0.4) is 0 Å². The maximum absolute atomic E-state index is 6.30. The van der Waals surface area contributed by atoms with E-state index in [1.165, 1.54) is 21.9 Å². The van der Waals surface area contributed by atoms with Gasteiger partial charge in [-0.05, 0) is 28.3 Å². The van der Waals surface area contributed by atoms with Gasteiger partial charge in [0.05, 0.1) is 0 Å². The van der Waals surface area contributed by atoms with Crippen LogP contribution in [0.1, 0.15) is 36.4 Å². The molecular formula is C14H15N. The van der Waals surface area contributed by atoms with Crippen molar-refractivity contribution in [3.05, 3.63) is 47.5 Å². The third kappa shape index (κ3) is 1.07. The molecule has 0 radical (unpaired) electrons. The van der Waals surface area contributed by atoms with Crippen molar-refractivity contribution < 1.29 is 0 Å². The molecule has 1 aliphatic carbocycles. The molecule has 1 aliphatic rings. The molecular weight excluding hydrogens is 182 g/mol. The van der Waals surface area contributed by atoms with Gasteiger partial charge in [-0.15, -0.1) is 0 Å². The van der Waals surface area contributed by atoms with Gasteiger partial charge in [0.2, 0.25) is 0 Å². The summed E-state index contributed by atoms with van der Waals surface area (Å²) in [7, 11) is 0. The van der Waals surface area contributed by atoms with Crippen molar-refractivity contribution in [1.82, 2.24) is 0 Å². The van der Waals surface area contributed by atoms with Crippen LogP contribution >= 0.6 is 0 Å². The van der Waals surface area contributed by atoms with Crippen molar-refractivity contribution in [2.45, 2.75) is 25.3 Å². The molecule has 0 amide bonds. The summed E-state index contributed by atoms with van der Waals surface area (Å²) in [5.41, 5.74) is 9.07. The molecule has 1 heteroatoms. The Labute approximate surface area is 89.9 Å². The van der Waals surface area contributed by atoms with Gasteiger partial charge in [-0.2, -0.15) is 0 Å². The summed E-state index contributed by atoms with van der Waals surface area (Å²) in [6, 6.07) is 13.2. The van der Waals surface area contributed by atoms with Crippen molar-refractivity contribution in [1.29, 1.82) is 0 Å². The Hall–Kier alpha value is -1.34. The summed E-state index contributed by atoms with van der Waals surface area (Å²) in [5.74, 6) is 0.506.